The van der Waals surface area contributed by atoms with Gasteiger partial charge in [-0.15, -0.1) is 0 Å². The lowest BCUT2D eigenvalue weighted by molar-refractivity contribution is 0.0954. The van der Waals surface area contributed by atoms with Gasteiger partial charge in [0, 0.05) is 11.6 Å². The molecular weight excluding hydrogens is 460 g/mol. The molecule has 182 valence electrons. The zero-order valence-electron chi connectivity index (χ0n) is 20.2. The smallest absolute Gasteiger partial charge is 0.271 e. The number of hydrazone groups is 1. The van der Waals surface area contributed by atoms with Crippen molar-refractivity contribution in [2.45, 2.75) is 13.2 Å². The lowest BCUT2D eigenvalue weighted by Crippen LogP contribution is -2.18. The van der Waals surface area contributed by atoms with Crippen molar-refractivity contribution in [2.75, 3.05) is 0 Å². The van der Waals surface area contributed by atoms with Gasteiger partial charge >= 0.3 is 0 Å². The van der Waals surface area contributed by atoms with Crippen molar-refractivity contribution < 1.29 is 14.3 Å². The van der Waals surface area contributed by atoms with Crippen LogP contribution in [0.3, 0.4) is 0 Å². The van der Waals surface area contributed by atoms with Crippen LogP contribution in [0.2, 0.25) is 0 Å². The highest BCUT2D eigenvalue weighted by molar-refractivity contribution is 5.96. The summed E-state index contributed by atoms with van der Waals surface area (Å²) in [6, 6.07) is 39.0. The minimum Gasteiger partial charge on any atom is -0.489 e. The first kappa shape index (κ1) is 23.8. The molecule has 0 aliphatic carbocycles. The lowest BCUT2D eigenvalue weighted by Gasteiger charge is -2.12. The van der Waals surface area contributed by atoms with Gasteiger partial charge in [0.15, 0.2) is 0 Å². The Morgan fingerprint density at radius 3 is 1.84 bits per heavy atom. The van der Waals surface area contributed by atoms with Crippen molar-refractivity contribution in [3.8, 4) is 11.5 Å². The fourth-order valence-electron chi connectivity index (χ4n) is 3.87. The van der Waals surface area contributed by atoms with Gasteiger partial charge in [0.25, 0.3) is 5.91 Å². The van der Waals surface area contributed by atoms with Crippen LogP contribution < -0.4 is 14.9 Å². The molecule has 37 heavy (non-hydrogen) atoms. The minimum absolute atomic E-state index is 0.355. The molecule has 0 fully saturated rings. The van der Waals surface area contributed by atoms with Gasteiger partial charge in [-0.2, -0.15) is 5.10 Å². The number of nitrogens with one attached hydrogen (secondary N) is 1. The highest BCUT2D eigenvalue weighted by Gasteiger charge is 2.11. The van der Waals surface area contributed by atoms with Crippen LogP contribution in [0.15, 0.2) is 126 Å². The molecular formula is C32H26N2O3. The third kappa shape index (κ3) is 6.61. The van der Waals surface area contributed by atoms with Gasteiger partial charge in [0.2, 0.25) is 0 Å². The first-order valence-electron chi connectivity index (χ1n) is 12.0. The van der Waals surface area contributed by atoms with Crippen LogP contribution in [0, 0.1) is 0 Å². The molecule has 0 saturated carbocycles. The molecule has 0 radical (unpaired) electrons. The molecule has 0 heterocycles. The van der Waals surface area contributed by atoms with Crippen molar-refractivity contribution in [3.05, 3.63) is 144 Å². The quantitative estimate of drug-likeness (QED) is 0.185. The Hall–Kier alpha value is -4.90. The fourth-order valence-corrected chi connectivity index (χ4v) is 3.87. The lowest BCUT2D eigenvalue weighted by atomic mass is 10.1. The number of hydrogen-bond donors (Lipinski definition) is 1. The van der Waals surface area contributed by atoms with Crippen molar-refractivity contribution >= 4 is 22.9 Å². The monoisotopic (exact) mass is 486 g/mol. The van der Waals surface area contributed by atoms with Crippen molar-refractivity contribution in [2.24, 2.45) is 5.10 Å². The topological polar surface area (TPSA) is 59.9 Å². The summed E-state index contributed by atoms with van der Waals surface area (Å²) in [4.78, 5) is 13.0. The number of ether oxygens (including phenoxy) is 2. The second-order valence-corrected chi connectivity index (χ2v) is 8.55. The maximum Gasteiger partial charge on any atom is 0.271 e. The van der Waals surface area contributed by atoms with Crippen LogP contribution in [-0.2, 0) is 13.2 Å². The van der Waals surface area contributed by atoms with E-state index in [0.29, 0.717) is 30.3 Å². The highest BCUT2D eigenvalue weighted by Crippen LogP contribution is 2.25. The van der Waals surface area contributed by atoms with E-state index >= 15 is 0 Å². The Bertz CT molecular complexity index is 1450. The zero-order valence-corrected chi connectivity index (χ0v) is 20.2. The number of fused-ring (bicyclic) bond motifs is 1. The molecule has 5 heteroatoms. The average Bonchev–Trinajstić information content (AvgIpc) is 2.96. The van der Waals surface area contributed by atoms with E-state index in [1.165, 1.54) is 0 Å². The van der Waals surface area contributed by atoms with Gasteiger partial charge < -0.3 is 9.47 Å². The van der Waals surface area contributed by atoms with Gasteiger partial charge in [-0.1, -0.05) is 97.1 Å². The second kappa shape index (κ2) is 11.7. The maximum atomic E-state index is 13.0. The average molecular weight is 487 g/mol. The van der Waals surface area contributed by atoms with Crippen molar-refractivity contribution in [1.29, 1.82) is 0 Å². The fraction of sp³-hybridized carbons (Fsp3) is 0.0625. The molecule has 0 saturated heterocycles. The van der Waals surface area contributed by atoms with E-state index in [1.807, 2.05) is 97.1 Å². The highest BCUT2D eigenvalue weighted by atomic mass is 16.5. The SMILES string of the molecule is O=C(N/N=C/c1ccc2ccccc2c1)c1cc(OCc2ccccc2)cc(OCc2ccccc2)c1. The van der Waals surface area contributed by atoms with Crippen LogP contribution in [0.4, 0.5) is 0 Å². The molecule has 0 atom stereocenters. The van der Waals surface area contributed by atoms with Gasteiger partial charge in [-0.3, -0.25) is 4.79 Å². The Balaban J connectivity index is 1.31. The predicted octanol–water partition coefficient (Wildman–Crippen LogP) is 6.76. The molecule has 0 unspecified atom stereocenters. The standard InChI is InChI=1S/C32H26N2O3/c35-32(34-33-21-26-15-16-27-13-7-8-14-28(27)17-26)29-18-30(36-22-24-9-3-1-4-10-24)20-31(19-29)37-23-25-11-5-2-6-12-25/h1-21H,22-23H2,(H,34,35)/b33-21+. The molecule has 0 aromatic heterocycles. The molecule has 1 N–H and O–H groups in total. The predicted molar refractivity (Wildman–Crippen MR) is 147 cm³/mol. The molecule has 0 aliphatic heterocycles. The Morgan fingerprint density at radius 2 is 1.22 bits per heavy atom. The molecule has 5 nitrogen and oxygen atoms in total. The van der Waals surface area contributed by atoms with Gasteiger partial charge in [-0.05, 0) is 45.7 Å². The summed E-state index contributed by atoms with van der Waals surface area (Å²) in [5, 5.41) is 6.43. The molecule has 5 aromatic carbocycles. The number of rotatable bonds is 9. The van der Waals surface area contributed by atoms with E-state index in [2.05, 4.69) is 16.6 Å². The number of benzene rings is 5. The molecule has 0 bridgehead atoms. The van der Waals surface area contributed by atoms with E-state index in [9.17, 15) is 4.79 Å². The van der Waals surface area contributed by atoms with Crippen LogP contribution in [0.1, 0.15) is 27.0 Å². The largest absolute Gasteiger partial charge is 0.489 e. The van der Waals surface area contributed by atoms with Crippen molar-refractivity contribution in [3.63, 3.8) is 0 Å². The maximum absolute atomic E-state index is 13.0. The first-order chi connectivity index (χ1) is 18.2. The van der Waals surface area contributed by atoms with Gasteiger partial charge in [0.05, 0.1) is 6.21 Å². The zero-order chi connectivity index (χ0) is 25.3. The van der Waals surface area contributed by atoms with E-state index in [4.69, 9.17) is 9.47 Å². The summed E-state index contributed by atoms with van der Waals surface area (Å²) in [5.74, 6) is 0.725. The second-order valence-electron chi connectivity index (χ2n) is 8.55. The van der Waals surface area contributed by atoms with E-state index in [-0.39, 0.29) is 5.91 Å². The Labute approximate surface area is 216 Å². The van der Waals surface area contributed by atoms with Crippen molar-refractivity contribution in [1.82, 2.24) is 5.43 Å². The van der Waals surface area contributed by atoms with Gasteiger partial charge in [0.1, 0.15) is 24.7 Å². The number of amides is 1. The van der Waals surface area contributed by atoms with E-state index in [1.54, 1.807) is 24.4 Å². The molecule has 5 rings (SSSR count). The normalized spacial score (nSPS) is 10.9. The molecule has 5 aromatic rings. The number of hydrogen-bond acceptors (Lipinski definition) is 4. The summed E-state index contributed by atoms with van der Waals surface area (Å²) >= 11 is 0. The molecule has 1 amide bonds. The van der Waals surface area contributed by atoms with Crippen LogP contribution in [0.5, 0.6) is 11.5 Å². The molecule has 0 aliphatic rings. The summed E-state index contributed by atoms with van der Waals surface area (Å²) in [5.41, 5.74) is 5.97. The number of carbonyl (C=O) groups is 1. The van der Waals surface area contributed by atoms with Crippen LogP contribution in [0.25, 0.3) is 10.8 Å². The van der Waals surface area contributed by atoms with Crippen LogP contribution >= 0.6 is 0 Å². The summed E-state index contributed by atoms with van der Waals surface area (Å²) in [6.07, 6.45) is 1.63. The Morgan fingerprint density at radius 1 is 0.649 bits per heavy atom. The third-order valence-electron chi connectivity index (χ3n) is 5.79. The Kier molecular flexibility index (Phi) is 7.53. The van der Waals surface area contributed by atoms with Crippen LogP contribution in [-0.4, -0.2) is 12.1 Å². The third-order valence-corrected chi connectivity index (χ3v) is 5.79. The minimum atomic E-state index is -0.355. The van der Waals surface area contributed by atoms with E-state index < -0.39 is 0 Å². The summed E-state index contributed by atoms with van der Waals surface area (Å²) in [7, 11) is 0. The first-order valence-corrected chi connectivity index (χ1v) is 12.0. The number of carbonyl (C=O) groups excluding carboxylic acids is 1. The summed E-state index contributed by atoms with van der Waals surface area (Å²) in [6.45, 7) is 0.758. The number of nitrogens with zero attached hydrogens (tertiary/aromatic N) is 1. The molecule has 0 spiro atoms. The van der Waals surface area contributed by atoms with E-state index in [0.717, 1.165) is 27.5 Å². The summed E-state index contributed by atoms with van der Waals surface area (Å²) < 4.78 is 12.0. The van der Waals surface area contributed by atoms with Gasteiger partial charge in [-0.25, -0.2) is 5.43 Å².